The van der Waals surface area contributed by atoms with Crippen LogP contribution in [0.25, 0.3) is 0 Å². The zero-order valence-corrected chi connectivity index (χ0v) is 9.28. The van der Waals surface area contributed by atoms with E-state index in [1.165, 1.54) is 11.1 Å². The predicted octanol–water partition coefficient (Wildman–Crippen LogP) is 4.42. The van der Waals surface area contributed by atoms with Gasteiger partial charge in [-0.1, -0.05) is 47.6 Å². The summed E-state index contributed by atoms with van der Waals surface area (Å²) in [4.78, 5) is 0. The molecule has 0 radical (unpaired) electrons. The Kier molecular flexibility index (Phi) is 5.13. The molecule has 0 aromatic rings. The Hall–Kier alpha value is -1.04. The molecule has 0 saturated heterocycles. The van der Waals surface area contributed by atoms with Gasteiger partial charge in [-0.15, -0.1) is 0 Å². The van der Waals surface area contributed by atoms with Crippen LogP contribution in [0.1, 0.15) is 34.1 Å². The lowest BCUT2D eigenvalue weighted by molar-refractivity contribution is 1.17. The van der Waals surface area contributed by atoms with Crippen molar-refractivity contribution in [3.63, 3.8) is 0 Å². The van der Waals surface area contributed by atoms with Crippen molar-refractivity contribution in [1.82, 2.24) is 0 Å². The molecule has 0 fully saturated rings. The Bertz CT molecular complexity index is 258. The maximum Gasteiger partial charge on any atom is -0.00784 e. The van der Waals surface area contributed by atoms with E-state index in [-0.39, 0.29) is 0 Å². The molecule has 0 heteroatoms. The molecule has 13 heavy (non-hydrogen) atoms. The molecule has 0 aliphatic heterocycles. The van der Waals surface area contributed by atoms with Crippen LogP contribution in [0.3, 0.4) is 0 Å². The Labute approximate surface area is 82.4 Å². The van der Waals surface area contributed by atoms with Crippen molar-refractivity contribution < 1.29 is 0 Å². The third-order valence-electron chi connectivity index (χ3n) is 1.89. The standard InChI is InChI=1S/C13H20/c1-10(2)9-12(5)7-8-13(6)11(3)4/h7-8H,1,5,9H2,2-4,6H3/b8-7-. The van der Waals surface area contributed by atoms with Crippen LogP contribution in [0, 0.1) is 0 Å². The summed E-state index contributed by atoms with van der Waals surface area (Å²) in [6.45, 7) is 16.2. The van der Waals surface area contributed by atoms with Gasteiger partial charge in [0, 0.05) is 0 Å². The number of rotatable bonds is 4. The first-order valence-electron chi connectivity index (χ1n) is 4.57. The van der Waals surface area contributed by atoms with Crippen LogP contribution >= 0.6 is 0 Å². The highest BCUT2D eigenvalue weighted by atomic mass is 14.0. The first-order valence-corrected chi connectivity index (χ1v) is 4.57. The fraction of sp³-hybridized carbons (Fsp3) is 0.385. The number of allylic oxidation sites excluding steroid dienone is 6. The van der Waals surface area contributed by atoms with Crippen molar-refractivity contribution in [3.8, 4) is 0 Å². The minimum atomic E-state index is 0.895. The molecule has 0 bridgehead atoms. The van der Waals surface area contributed by atoms with Crippen molar-refractivity contribution >= 4 is 0 Å². The number of hydrogen-bond acceptors (Lipinski definition) is 0. The largest absolute Gasteiger partial charge is 0.0998 e. The van der Waals surface area contributed by atoms with E-state index in [4.69, 9.17) is 0 Å². The van der Waals surface area contributed by atoms with Crippen LogP contribution in [0.15, 0.2) is 47.6 Å². The highest BCUT2D eigenvalue weighted by Crippen LogP contribution is 2.10. The maximum atomic E-state index is 3.96. The lowest BCUT2D eigenvalue weighted by Crippen LogP contribution is -1.79. The van der Waals surface area contributed by atoms with Crippen LogP contribution in [0.5, 0.6) is 0 Å². The molecule has 0 aliphatic rings. The van der Waals surface area contributed by atoms with E-state index in [1.54, 1.807) is 0 Å². The van der Waals surface area contributed by atoms with Crippen molar-refractivity contribution in [2.75, 3.05) is 0 Å². The molecule has 0 saturated carbocycles. The molecule has 0 aliphatic carbocycles. The van der Waals surface area contributed by atoms with Crippen molar-refractivity contribution in [2.24, 2.45) is 0 Å². The molecule has 0 unspecified atom stereocenters. The summed E-state index contributed by atoms with van der Waals surface area (Å²) >= 11 is 0. The minimum Gasteiger partial charge on any atom is -0.0998 e. The van der Waals surface area contributed by atoms with Gasteiger partial charge in [0.25, 0.3) is 0 Å². The van der Waals surface area contributed by atoms with Gasteiger partial charge in [0.2, 0.25) is 0 Å². The first-order chi connectivity index (χ1) is 5.93. The summed E-state index contributed by atoms with van der Waals surface area (Å²) < 4.78 is 0. The lowest BCUT2D eigenvalue weighted by Gasteiger charge is -1.99. The average molecular weight is 176 g/mol. The monoisotopic (exact) mass is 176 g/mol. The summed E-state index contributed by atoms with van der Waals surface area (Å²) in [5.74, 6) is 0. The first kappa shape index (κ1) is 12.0. The van der Waals surface area contributed by atoms with Crippen LogP contribution in [-0.4, -0.2) is 0 Å². The van der Waals surface area contributed by atoms with Gasteiger partial charge in [0.05, 0.1) is 0 Å². The predicted molar refractivity (Wildman–Crippen MR) is 61.8 cm³/mol. The second kappa shape index (κ2) is 5.58. The Morgan fingerprint density at radius 1 is 1.00 bits per heavy atom. The minimum absolute atomic E-state index is 0.895. The summed E-state index contributed by atoms with van der Waals surface area (Å²) in [6, 6.07) is 0. The second-order valence-corrected chi connectivity index (χ2v) is 3.81. The van der Waals surface area contributed by atoms with Gasteiger partial charge in [-0.25, -0.2) is 0 Å². The average Bonchev–Trinajstić information content (AvgIpc) is 1.98. The van der Waals surface area contributed by atoms with Gasteiger partial charge in [-0.05, 0) is 34.1 Å². The maximum absolute atomic E-state index is 3.96. The van der Waals surface area contributed by atoms with Gasteiger partial charge in [0.15, 0.2) is 0 Å². The van der Waals surface area contributed by atoms with Crippen LogP contribution in [0.2, 0.25) is 0 Å². The Morgan fingerprint density at radius 2 is 1.54 bits per heavy atom. The highest BCUT2D eigenvalue weighted by molar-refractivity contribution is 5.29. The van der Waals surface area contributed by atoms with Crippen LogP contribution in [-0.2, 0) is 0 Å². The third-order valence-corrected chi connectivity index (χ3v) is 1.89. The summed E-state index contributed by atoms with van der Waals surface area (Å²) in [5.41, 5.74) is 4.93. The second-order valence-electron chi connectivity index (χ2n) is 3.81. The molecule has 0 N–H and O–H groups in total. The summed E-state index contributed by atoms with van der Waals surface area (Å²) in [6.07, 6.45) is 5.07. The molecule has 0 nitrogen and oxygen atoms in total. The van der Waals surface area contributed by atoms with E-state index in [0.717, 1.165) is 17.6 Å². The van der Waals surface area contributed by atoms with E-state index >= 15 is 0 Å². The van der Waals surface area contributed by atoms with Gasteiger partial charge in [-0.2, -0.15) is 0 Å². The SMILES string of the molecule is C=C(C)CC(=C)/C=C\C(C)=C(C)C. The summed E-state index contributed by atoms with van der Waals surface area (Å²) in [5, 5.41) is 0. The zero-order valence-electron chi connectivity index (χ0n) is 9.28. The van der Waals surface area contributed by atoms with Gasteiger partial charge >= 0.3 is 0 Å². The van der Waals surface area contributed by atoms with Gasteiger partial charge in [0.1, 0.15) is 0 Å². The topological polar surface area (TPSA) is 0 Å². The normalized spacial score (nSPS) is 10.2. The van der Waals surface area contributed by atoms with Crippen molar-refractivity contribution in [2.45, 2.75) is 34.1 Å². The van der Waals surface area contributed by atoms with Gasteiger partial charge in [-0.3, -0.25) is 0 Å². The molecular formula is C13H20. The van der Waals surface area contributed by atoms with Gasteiger partial charge < -0.3 is 0 Å². The smallest absolute Gasteiger partial charge is 0.00784 e. The lowest BCUT2D eigenvalue weighted by atomic mass is 10.1. The van der Waals surface area contributed by atoms with Crippen LogP contribution in [0.4, 0.5) is 0 Å². The van der Waals surface area contributed by atoms with E-state index in [2.05, 4.69) is 46.1 Å². The molecule has 72 valence electrons. The molecule has 0 rings (SSSR count). The Balaban J connectivity index is 4.21. The Morgan fingerprint density at radius 3 is 1.92 bits per heavy atom. The summed E-state index contributed by atoms with van der Waals surface area (Å²) in [7, 11) is 0. The molecular weight excluding hydrogens is 156 g/mol. The molecule has 0 amide bonds. The molecule has 0 aromatic carbocycles. The molecule has 0 heterocycles. The fourth-order valence-electron chi connectivity index (χ4n) is 0.856. The number of hydrogen-bond donors (Lipinski definition) is 0. The fourth-order valence-corrected chi connectivity index (χ4v) is 0.856. The highest BCUT2D eigenvalue weighted by Gasteiger charge is 1.90. The molecule has 0 spiro atoms. The third kappa shape index (κ3) is 6.15. The van der Waals surface area contributed by atoms with E-state index in [1.807, 2.05) is 6.92 Å². The van der Waals surface area contributed by atoms with E-state index in [9.17, 15) is 0 Å². The van der Waals surface area contributed by atoms with Crippen molar-refractivity contribution in [1.29, 1.82) is 0 Å². The molecule has 0 aromatic heterocycles. The zero-order chi connectivity index (χ0) is 10.4. The van der Waals surface area contributed by atoms with Crippen molar-refractivity contribution in [3.05, 3.63) is 47.6 Å². The quantitative estimate of drug-likeness (QED) is 0.439. The van der Waals surface area contributed by atoms with E-state index in [0.29, 0.717) is 0 Å². The van der Waals surface area contributed by atoms with E-state index < -0.39 is 0 Å². The molecule has 0 atom stereocenters. The van der Waals surface area contributed by atoms with Crippen LogP contribution < -0.4 is 0 Å².